The first-order valence-corrected chi connectivity index (χ1v) is 7.99. The molecule has 4 saturated heterocycles. The van der Waals surface area contributed by atoms with Gasteiger partial charge in [0.25, 0.3) is 0 Å². The van der Waals surface area contributed by atoms with Crippen molar-refractivity contribution in [3.8, 4) is 0 Å². The standard InChI is InChI=1S/C13H23NO2S/c15-9-12(4-1-7-17-10-12)13(16)8-14-5-2-11(13)3-6-14/h11,15-16H,1-10H2. The minimum Gasteiger partial charge on any atom is -0.396 e. The Morgan fingerprint density at radius 1 is 1.29 bits per heavy atom. The van der Waals surface area contributed by atoms with Crippen LogP contribution in [0.4, 0.5) is 0 Å². The topological polar surface area (TPSA) is 43.7 Å². The van der Waals surface area contributed by atoms with Gasteiger partial charge in [-0.2, -0.15) is 11.8 Å². The van der Waals surface area contributed by atoms with Crippen molar-refractivity contribution >= 4 is 11.8 Å². The number of aliphatic hydroxyl groups excluding tert-OH is 1. The number of fused-ring (bicyclic) bond motifs is 3. The summed E-state index contributed by atoms with van der Waals surface area (Å²) in [4.78, 5) is 2.39. The van der Waals surface area contributed by atoms with Gasteiger partial charge in [0.1, 0.15) is 0 Å². The smallest absolute Gasteiger partial charge is 0.0888 e. The third-order valence-electron chi connectivity index (χ3n) is 5.27. The Hall–Kier alpha value is 0.230. The minimum atomic E-state index is -0.633. The zero-order valence-electron chi connectivity index (χ0n) is 10.4. The molecule has 0 amide bonds. The Morgan fingerprint density at radius 3 is 2.53 bits per heavy atom. The lowest BCUT2D eigenvalue weighted by molar-refractivity contribution is -0.194. The molecular formula is C13H23NO2S. The molecule has 0 aromatic heterocycles. The lowest BCUT2D eigenvalue weighted by Crippen LogP contribution is -2.68. The molecule has 0 radical (unpaired) electrons. The number of piperidine rings is 3. The second-order valence-electron chi connectivity index (χ2n) is 6.07. The van der Waals surface area contributed by atoms with E-state index in [0.717, 1.165) is 51.1 Å². The number of hydrogen-bond acceptors (Lipinski definition) is 4. The van der Waals surface area contributed by atoms with Gasteiger partial charge in [0.2, 0.25) is 0 Å². The van der Waals surface area contributed by atoms with E-state index in [1.165, 1.54) is 5.75 Å². The maximum absolute atomic E-state index is 11.2. The fourth-order valence-corrected chi connectivity index (χ4v) is 5.46. The molecule has 4 aliphatic heterocycles. The van der Waals surface area contributed by atoms with Crippen LogP contribution in [0.1, 0.15) is 25.7 Å². The quantitative estimate of drug-likeness (QED) is 0.773. The van der Waals surface area contributed by atoms with Crippen LogP contribution in [0, 0.1) is 11.3 Å². The highest BCUT2D eigenvalue weighted by Crippen LogP contribution is 2.51. The lowest BCUT2D eigenvalue weighted by Gasteiger charge is -2.59. The first-order chi connectivity index (χ1) is 8.20. The molecule has 4 aliphatic rings. The molecule has 0 aromatic rings. The summed E-state index contributed by atoms with van der Waals surface area (Å²) in [6.45, 7) is 3.23. The molecule has 2 atom stereocenters. The predicted molar refractivity (Wildman–Crippen MR) is 70.2 cm³/mol. The van der Waals surface area contributed by atoms with E-state index in [2.05, 4.69) is 4.90 Å². The number of rotatable bonds is 2. The van der Waals surface area contributed by atoms with Crippen LogP contribution in [-0.2, 0) is 0 Å². The molecule has 2 bridgehead atoms. The first kappa shape index (κ1) is 12.3. The summed E-state index contributed by atoms with van der Waals surface area (Å²) in [5, 5.41) is 21.1. The second kappa shape index (κ2) is 4.41. The van der Waals surface area contributed by atoms with Gasteiger partial charge in [-0.1, -0.05) is 0 Å². The monoisotopic (exact) mass is 257 g/mol. The van der Waals surface area contributed by atoms with Crippen molar-refractivity contribution < 1.29 is 10.2 Å². The van der Waals surface area contributed by atoms with Crippen molar-refractivity contribution in [3.05, 3.63) is 0 Å². The maximum atomic E-state index is 11.2. The predicted octanol–water partition coefficient (Wildman–Crippen LogP) is 0.949. The van der Waals surface area contributed by atoms with Gasteiger partial charge in [0.15, 0.2) is 0 Å². The summed E-state index contributed by atoms with van der Waals surface area (Å²) in [5.74, 6) is 2.54. The van der Waals surface area contributed by atoms with E-state index >= 15 is 0 Å². The van der Waals surface area contributed by atoms with Crippen molar-refractivity contribution in [2.45, 2.75) is 31.3 Å². The highest BCUT2D eigenvalue weighted by Gasteiger charge is 2.58. The molecule has 2 N–H and O–H groups in total. The average molecular weight is 257 g/mol. The van der Waals surface area contributed by atoms with E-state index in [4.69, 9.17) is 0 Å². The second-order valence-corrected chi connectivity index (χ2v) is 7.17. The van der Waals surface area contributed by atoms with Gasteiger partial charge in [-0.25, -0.2) is 0 Å². The molecule has 4 heterocycles. The molecule has 4 fully saturated rings. The molecule has 4 rings (SSSR count). The minimum absolute atomic E-state index is 0.154. The van der Waals surface area contributed by atoms with Gasteiger partial charge in [0.05, 0.1) is 12.2 Å². The lowest BCUT2D eigenvalue weighted by atomic mass is 9.59. The largest absolute Gasteiger partial charge is 0.396 e. The van der Waals surface area contributed by atoms with Crippen molar-refractivity contribution in [2.75, 3.05) is 37.7 Å². The normalized spacial score (nSPS) is 50.5. The molecular weight excluding hydrogens is 234 g/mol. The SMILES string of the molecule is OCC1(C2(O)CN3CCC2CC3)CCCSC1. The van der Waals surface area contributed by atoms with Crippen LogP contribution in [0.5, 0.6) is 0 Å². The summed E-state index contributed by atoms with van der Waals surface area (Å²) >= 11 is 1.91. The van der Waals surface area contributed by atoms with Crippen molar-refractivity contribution in [1.29, 1.82) is 0 Å². The number of thioether (sulfide) groups is 1. The molecule has 0 aromatic carbocycles. The Kier molecular flexibility index (Phi) is 3.18. The zero-order chi connectivity index (χ0) is 11.9. The van der Waals surface area contributed by atoms with Crippen molar-refractivity contribution in [1.82, 2.24) is 4.90 Å². The Bertz CT molecular complexity index is 285. The first-order valence-electron chi connectivity index (χ1n) is 6.84. The fourth-order valence-electron chi connectivity index (χ4n) is 4.09. The summed E-state index contributed by atoms with van der Waals surface area (Å²) in [6, 6.07) is 0. The molecule has 17 heavy (non-hydrogen) atoms. The van der Waals surface area contributed by atoms with Crippen molar-refractivity contribution in [2.24, 2.45) is 11.3 Å². The molecule has 2 unspecified atom stereocenters. The summed E-state index contributed by atoms with van der Waals surface area (Å²) in [7, 11) is 0. The average Bonchev–Trinajstić information content (AvgIpc) is 2.40. The molecule has 98 valence electrons. The molecule has 4 heteroatoms. The van der Waals surface area contributed by atoms with Gasteiger partial charge < -0.3 is 15.1 Å². The highest BCUT2D eigenvalue weighted by molar-refractivity contribution is 7.99. The molecule has 0 saturated carbocycles. The summed E-state index contributed by atoms with van der Waals surface area (Å²) in [5.41, 5.74) is -0.870. The Labute approximate surface area is 108 Å². The maximum Gasteiger partial charge on any atom is 0.0888 e. The number of aliphatic hydroxyl groups is 2. The number of hydrogen-bond donors (Lipinski definition) is 2. The van der Waals surface area contributed by atoms with E-state index < -0.39 is 5.60 Å². The van der Waals surface area contributed by atoms with Gasteiger partial charge in [-0.3, -0.25) is 0 Å². The highest BCUT2D eigenvalue weighted by atomic mass is 32.2. The van der Waals surface area contributed by atoms with E-state index in [1.807, 2.05) is 11.8 Å². The Morgan fingerprint density at radius 2 is 2.06 bits per heavy atom. The van der Waals surface area contributed by atoms with E-state index in [0.29, 0.717) is 5.92 Å². The van der Waals surface area contributed by atoms with Crippen LogP contribution in [0.3, 0.4) is 0 Å². The zero-order valence-corrected chi connectivity index (χ0v) is 11.2. The van der Waals surface area contributed by atoms with Crippen LogP contribution in [0.15, 0.2) is 0 Å². The van der Waals surface area contributed by atoms with Gasteiger partial charge in [-0.15, -0.1) is 0 Å². The van der Waals surface area contributed by atoms with Gasteiger partial charge in [-0.05, 0) is 50.4 Å². The summed E-state index contributed by atoms with van der Waals surface area (Å²) < 4.78 is 0. The van der Waals surface area contributed by atoms with E-state index in [-0.39, 0.29) is 12.0 Å². The van der Waals surface area contributed by atoms with Crippen LogP contribution >= 0.6 is 11.8 Å². The fraction of sp³-hybridized carbons (Fsp3) is 1.00. The van der Waals surface area contributed by atoms with Crippen LogP contribution in [0.2, 0.25) is 0 Å². The molecule has 0 spiro atoms. The Balaban J connectivity index is 1.89. The van der Waals surface area contributed by atoms with Gasteiger partial charge in [0, 0.05) is 17.7 Å². The summed E-state index contributed by atoms with van der Waals surface area (Å²) in [6.07, 6.45) is 4.36. The molecule has 3 nitrogen and oxygen atoms in total. The van der Waals surface area contributed by atoms with Crippen LogP contribution in [0.25, 0.3) is 0 Å². The third-order valence-corrected chi connectivity index (χ3v) is 6.61. The van der Waals surface area contributed by atoms with Gasteiger partial charge >= 0.3 is 0 Å². The van der Waals surface area contributed by atoms with E-state index in [1.54, 1.807) is 0 Å². The van der Waals surface area contributed by atoms with E-state index in [9.17, 15) is 10.2 Å². The molecule has 0 aliphatic carbocycles. The van der Waals surface area contributed by atoms with Crippen LogP contribution in [-0.4, -0.2) is 58.5 Å². The van der Waals surface area contributed by atoms with Crippen molar-refractivity contribution in [3.63, 3.8) is 0 Å². The number of nitrogens with zero attached hydrogens (tertiary/aromatic N) is 1. The third kappa shape index (κ3) is 1.76. The van der Waals surface area contributed by atoms with Crippen LogP contribution < -0.4 is 0 Å².